The zero-order valence-electron chi connectivity index (χ0n) is 19.8. The van der Waals surface area contributed by atoms with Crippen LogP contribution < -0.4 is 4.74 Å². The Hall–Kier alpha value is -3.72. The topological polar surface area (TPSA) is 122 Å². The van der Waals surface area contributed by atoms with Crippen molar-refractivity contribution in [3.63, 3.8) is 0 Å². The minimum atomic E-state index is -5.77. The quantitative estimate of drug-likeness (QED) is 0.169. The van der Waals surface area contributed by atoms with Crippen molar-refractivity contribution in [3.05, 3.63) is 90.0 Å². The summed E-state index contributed by atoms with van der Waals surface area (Å²) in [5.74, 6) is -7.28. The van der Waals surface area contributed by atoms with Gasteiger partial charge in [0.15, 0.2) is 12.2 Å². The standard InChI is InChI=1S/C23H18F7N4O5P/c24-16-4-7-18(19(25)9-16)21(39-40(35,36)37,11-34-13-32-33-34)23(29,30)20-8-3-15(10-31-20)14-1-5-17(6-2-14)38-12-22(26,27)28/h1-10,13,33H,11-12H2,(H2,35,36,37). The van der Waals surface area contributed by atoms with E-state index in [0.29, 0.717) is 17.7 Å². The van der Waals surface area contributed by atoms with Gasteiger partial charge < -0.3 is 14.5 Å². The van der Waals surface area contributed by atoms with E-state index in [1.54, 1.807) is 0 Å². The zero-order valence-corrected chi connectivity index (χ0v) is 20.7. The molecule has 0 aliphatic carbocycles. The first kappa shape index (κ1) is 29.3. The summed E-state index contributed by atoms with van der Waals surface area (Å²) >= 11 is 0. The summed E-state index contributed by atoms with van der Waals surface area (Å²) in [6, 6.07) is 8.52. The fourth-order valence-corrected chi connectivity index (χ4v) is 4.51. The summed E-state index contributed by atoms with van der Waals surface area (Å²) in [7, 11) is -5.77. The lowest BCUT2D eigenvalue weighted by Gasteiger charge is -2.40. The van der Waals surface area contributed by atoms with Crippen molar-refractivity contribution in [1.82, 2.24) is 20.0 Å². The van der Waals surface area contributed by atoms with E-state index in [0.717, 1.165) is 29.3 Å². The van der Waals surface area contributed by atoms with E-state index >= 15 is 8.78 Å². The number of ether oxygens (including phenoxy) is 1. The number of rotatable bonds is 10. The van der Waals surface area contributed by atoms with E-state index in [1.807, 2.05) is 0 Å². The number of phosphoric acid groups is 1. The Kier molecular flexibility index (Phi) is 7.82. The maximum atomic E-state index is 16.3. The van der Waals surface area contributed by atoms with Crippen LogP contribution in [0.15, 0.2) is 67.1 Å². The molecule has 17 heteroatoms. The van der Waals surface area contributed by atoms with Crippen LogP contribution in [0.1, 0.15) is 11.3 Å². The maximum Gasteiger partial charge on any atom is 0.470 e. The van der Waals surface area contributed by atoms with Crippen LogP contribution in [0.25, 0.3) is 11.1 Å². The van der Waals surface area contributed by atoms with Gasteiger partial charge in [-0.25, -0.2) is 18.6 Å². The molecule has 1 unspecified atom stereocenters. The van der Waals surface area contributed by atoms with E-state index in [9.17, 15) is 36.3 Å². The number of hydrogen-bond donors (Lipinski definition) is 3. The summed E-state index contributed by atoms with van der Waals surface area (Å²) in [5.41, 5.74) is -5.06. The first-order valence-electron chi connectivity index (χ1n) is 11.0. The monoisotopic (exact) mass is 594 g/mol. The van der Waals surface area contributed by atoms with Crippen molar-refractivity contribution in [1.29, 1.82) is 0 Å². The van der Waals surface area contributed by atoms with Crippen LogP contribution in [0.3, 0.4) is 0 Å². The number of nitrogens with zero attached hydrogens (tertiary/aromatic N) is 3. The van der Waals surface area contributed by atoms with Crippen molar-refractivity contribution >= 4 is 7.82 Å². The third kappa shape index (κ3) is 6.36. The van der Waals surface area contributed by atoms with E-state index < -0.39 is 61.6 Å². The highest BCUT2D eigenvalue weighted by atomic mass is 31.2. The Labute approximate surface area is 220 Å². The van der Waals surface area contributed by atoms with Gasteiger partial charge in [0.1, 0.15) is 29.4 Å². The number of hydrogen-bond acceptors (Lipinski definition) is 5. The minimum Gasteiger partial charge on any atom is -0.484 e. The fraction of sp³-hybridized carbons (Fsp3) is 0.217. The Morgan fingerprint density at radius 1 is 0.950 bits per heavy atom. The molecule has 0 saturated heterocycles. The SMILES string of the molecule is O=P(O)(O)OC(Cn1cn[nH]1)(c1ccc(F)cc1F)C(F)(F)c1ccc(-c2ccc(OCC(F)(F)F)cc2)cn1. The lowest BCUT2D eigenvalue weighted by Crippen LogP contribution is -2.50. The molecule has 2 aromatic carbocycles. The minimum absolute atomic E-state index is 0.0963. The van der Waals surface area contributed by atoms with Crippen LogP contribution in [0.2, 0.25) is 0 Å². The van der Waals surface area contributed by atoms with Gasteiger partial charge in [-0.2, -0.15) is 22.0 Å². The molecular weight excluding hydrogens is 576 g/mol. The summed E-state index contributed by atoms with van der Waals surface area (Å²) in [6.45, 7) is -2.62. The number of alkyl halides is 5. The van der Waals surface area contributed by atoms with Gasteiger partial charge in [-0.3, -0.25) is 14.2 Å². The number of halogens is 7. The summed E-state index contributed by atoms with van der Waals surface area (Å²) < 4.78 is 120. The molecule has 2 heterocycles. The second kappa shape index (κ2) is 10.7. The normalized spacial score (nSPS) is 14.2. The van der Waals surface area contributed by atoms with Crippen LogP contribution >= 0.6 is 7.82 Å². The van der Waals surface area contributed by atoms with Gasteiger partial charge in [-0.1, -0.05) is 18.2 Å². The number of aromatic amines is 1. The molecule has 0 spiro atoms. The van der Waals surface area contributed by atoms with E-state index in [2.05, 4.69) is 24.6 Å². The second-order valence-electron chi connectivity index (χ2n) is 8.44. The van der Waals surface area contributed by atoms with Crippen molar-refractivity contribution in [3.8, 4) is 16.9 Å². The molecule has 214 valence electrons. The molecule has 0 fully saturated rings. The predicted molar refractivity (Wildman–Crippen MR) is 123 cm³/mol. The van der Waals surface area contributed by atoms with Crippen LogP contribution in [0.5, 0.6) is 5.75 Å². The van der Waals surface area contributed by atoms with Gasteiger partial charge in [-0.05, 0) is 35.9 Å². The Morgan fingerprint density at radius 2 is 1.60 bits per heavy atom. The highest BCUT2D eigenvalue weighted by molar-refractivity contribution is 7.46. The molecular formula is C23H18F7N4O5P. The van der Waals surface area contributed by atoms with Crippen LogP contribution in [-0.2, 0) is 27.2 Å². The van der Waals surface area contributed by atoms with Crippen LogP contribution in [0.4, 0.5) is 30.7 Å². The van der Waals surface area contributed by atoms with Crippen molar-refractivity contribution in [2.24, 2.45) is 0 Å². The summed E-state index contributed by atoms with van der Waals surface area (Å²) in [6.07, 6.45) is -2.62. The number of phosphoric ester groups is 1. The molecule has 0 radical (unpaired) electrons. The lowest BCUT2D eigenvalue weighted by molar-refractivity contribution is -0.200. The molecule has 4 aromatic rings. The Morgan fingerprint density at radius 3 is 2.10 bits per heavy atom. The van der Waals surface area contributed by atoms with Crippen molar-refractivity contribution in [2.45, 2.75) is 24.2 Å². The molecule has 0 bridgehead atoms. The highest BCUT2D eigenvalue weighted by Gasteiger charge is 2.62. The number of benzene rings is 2. The van der Waals surface area contributed by atoms with Gasteiger partial charge in [0.2, 0.25) is 0 Å². The lowest BCUT2D eigenvalue weighted by atomic mass is 9.84. The molecule has 9 nitrogen and oxygen atoms in total. The van der Waals surface area contributed by atoms with E-state index in [-0.39, 0.29) is 17.4 Å². The summed E-state index contributed by atoms with van der Waals surface area (Å²) in [5, 5.41) is 5.67. The van der Waals surface area contributed by atoms with Gasteiger partial charge in [0, 0.05) is 23.4 Å². The fourth-order valence-electron chi connectivity index (χ4n) is 3.83. The van der Waals surface area contributed by atoms with Crippen LogP contribution in [-0.4, -0.2) is 42.5 Å². The first-order valence-corrected chi connectivity index (χ1v) is 12.5. The third-order valence-electron chi connectivity index (χ3n) is 5.60. The van der Waals surface area contributed by atoms with E-state index in [4.69, 9.17) is 0 Å². The van der Waals surface area contributed by atoms with Gasteiger partial charge in [0.05, 0.1) is 6.54 Å². The third-order valence-corrected chi connectivity index (χ3v) is 6.15. The van der Waals surface area contributed by atoms with Gasteiger partial charge in [0.25, 0.3) is 0 Å². The number of H-pyrrole nitrogens is 1. The smallest absolute Gasteiger partial charge is 0.470 e. The number of aromatic nitrogens is 4. The number of pyridine rings is 1. The molecule has 4 rings (SSSR count). The molecule has 2 aromatic heterocycles. The molecule has 0 aliphatic rings. The van der Waals surface area contributed by atoms with Gasteiger partial charge >= 0.3 is 19.9 Å². The average Bonchev–Trinajstić information content (AvgIpc) is 2.83. The predicted octanol–water partition coefficient (Wildman–Crippen LogP) is 5.29. The molecule has 0 amide bonds. The molecule has 0 saturated carbocycles. The molecule has 1 atom stereocenters. The maximum absolute atomic E-state index is 16.3. The molecule has 40 heavy (non-hydrogen) atoms. The Bertz CT molecular complexity index is 1490. The van der Waals surface area contributed by atoms with Crippen LogP contribution in [0, 0.1) is 11.6 Å². The first-order chi connectivity index (χ1) is 18.6. The van der Waals surface area contributed by atoms with Crippen molar-refractivity contribution in [2.75, 3.05) is 6.61 Å². The van der Waals surface area contributed by atoms with E-state index in [1.165, 1.54) is 24.3 Å². The molecule has 3 N–H and O–H groups in total. The highest BCUT2D eigenvalue weighted by Crippen LogP contribution is 2.57. The largest absolute Gasteiger partial charge is 0.484 e. The molecule has 0 aliphatic heterocycles. The zero-order chi connectivity index (χ0) is 29.3. The second-order valence-corrected chi connectivity index (χ2v) is 9.60. The Balaban J connectivity index is 1.74. The average molecular weight is 594 g/mol. The van der Waals surface area contributed by atoms with Crippen molar-refractivity contribution < 1.29 is 54.3 Å². The van der Waals surface area contributed by atoms with Gasteiger partial charge in [-0.15, -0.1) is 5.10 Å². The number of nitrogens with one attached hydrogen (secondary N) is 1. The summed E-state index contributed by atoms with van der Waals surface area (Å²) in [4.78, 5) is 22.8.